The molecule has 9 heteroatoms. The van der Waals surface area contributed by atoms with E-state index in [0.29, 0.717) is 24.1 Å². The zero-order valence-electron chi connectivity index (χ0n) is 26.8. The number of ether oxygens (including phenoxy) is 2. The van der Waals surface area contributed by atoms with Crippen molar-refractivity contribution in [2.24, 2.45) is 0 Å². The highest BCUT2D eigenvalue weighted by molar-refractivity contribution is 7.47. The number of esters is 1. The molecular formula is C32H61NO7P+. The molecule has 0 aromatic rings. The first kappa shape index (κ1) is 39.7. The van der Waals surface area contributed by atoms with Gasteiger partial charge in [-0.05, 0) is 44.9 Å². The van der Waals surface area contributed by atoms with Crippen molar-refractivity contribution in [3.8, 4) is 0 Å². The number of phosphoric acid groups is 1. The summed E-state index contributed by atoms with van der Waals surface area (Å²) in [5.74, 6) is -0.373. The molecule has 0 amide bonds. The Morgan fingerprint density at radius 2 is 1.37 bits per heavy atom. The number of carbonyl (C=O) groups excluding carboxylic acids is 1. The van der Waals surface area contributed by atoms with Gasteiger partial charge >= 0.3 is 13.8 Å². The molecule has 2 unspecified atom stereocenters. The number of carbonyl (C=O) groups is 1. The molecule has 0 radical (unpaired) electrons. The lowest BCUT2D eigenvalue weighted by atomic mass is 10.1. The minimum Gasteiger partial charge on any atom is -0.457 e. The van der Waals surface area contributed by atoms with E-state index in [4.69, 9.17) is 18.5 Å². The average molecular weight is 603 g/mol. The van der Waals surface area contributed by atoms with E-state index in [1.165, 1.54) is 44.9 Å². The van der Waals surface area contributed by atoms with E-state index < -0.39 is 13.9 Å². The Balaban J connectivity index is 3.93. The van der Waals surface area contributed by atoms with Crippen molar-refractivity contribution in [1.29, 1.82) is 0 Å². The molecule has 0 saturated carbocycles. The van der Waals surface area contributed by atoms with E-state index in [2.05, 4.69) is 43.4 Å². The van der Waals surface area contributed by atoms with Crippen molar-refractivity contribution in [3.63, 3.8) is 0 Å². The smallest absolute Gasteiger partial charge is 0.457 e. The second-order valence-corrected chi connectivity index (χ2v) is 12.9. The number of hydrogen-bond donors (Lipinski definition) is 1. The number of nitrogens with zero attached hydrogens (tertiary/aromatic N) is 1. The third-order valence-corrected chi connectivity index (χ3v) is 7.17. The largest absolute Gasteiger partial charge is 0.472 e. The molecule has 0 rings (SSSR count). The van der Waals surface area contributed by atoms with E-state index in [1.807, 2.05) is 28.1 Å². The minimum atomic E-state index is -4.24. The van der Waals surface area contributed by atoms with Gasteiger partial charge in [0.15, 0.2) is 0 Å². The molecule has 8 nitrogen and oxygen atoms in total. The van der Waals surface area contributed by atoms with E-state index >= 15 is 0 Å². The summed E-state index contributed by atoms with van der Waals surface area (Å²) < 4.78 is 34.0. The number of phosphoric ester groups is 1. The second-order valence-electron chi connectivity index (χ2n) is 11.5. The van der Waals surface area contributed by atoms with Gasteiger partial charge in [-0.15, -0.1) is 0 Å². The predicted molar refractivity (Wildman–Crippen MR) is 169 cm³/mol. The summed E-state index contributed by atoms with van der Waals surface area (Å²) in [5.41, 5.74) is 0. The molecule has 0 spiro atoms. The third-order valence-electron chi connectivity index (χ3n) is 6.19. The Bertz CT molecular complexity index is 762. The van der Waals surface area contributed by atoms with Gasteiger partial charge < -0.3 is 18.9 Å². The molecular weight excluding hydrogens is 541 g/mol. The summed E-state index contributed by atoms with van der Waals surface area (Å²) in [4.78, 5) is 21.9. The maximum absolute atomic E-state index is 12.2. The number of likely N-dealkylation sites (N-methyl/N-ethyl adjacent to an activating group) is 1. The normalized spacial score (nSPS) is 14.8. The van der Waals surface area contributed by atoms with E-state index in [-0.39, 0.29) is 32.2 Å². The maximum atomic E-state index is 12.2. The Labute approximate surface area is 251 Å². The highest BCUT2D eigenvalue weighted by atomic mass is 31.2. The van der Waals surface area contributed by atoms with Crippen LogP contribution in [0.2, 0.25) is 0 Å². The van der Waals surface area contributed by atoms with Crippen LogP contribution in [0.3, 0.4) is 0 Å². The molecule has 2 atom stereocenters. The molecule has 0 aliphatic rings. The molecule has 240 valence electrons. The van der Waals surface area contributed by atoms with Gasteiger partial charge in [0.2, 0.25) is 0 Å². The molecule has 0 bridgehead atoms. The monoisotopic (exact) mass is 602 g/mol. The quantitative estimate of drug-likeness (QED) is 0.0320. The lowest BCUT2D eigenvalue weighted by Crippen LogP contribution is -2.37. The SMILES string of the molecule is CC/C=C\C/C=C\C/C=C\CCCCCCCCCCOCC(COP(=O)(O)OCC[N+](C)(C)C)OC(=O)CCC. The van der Waals surface area contributed by atoms with Crippen molar-refractivity contribution in [1.82, 2.24) is 0 Å². The van der Waals surface area contributed by atoms with Crippen LogP contribution >= 0.6 is 7.82 Å². The fourth-order valence-corrected chi connectivity index (χ4v) is 4.52. The Hall–Kier alpha value is -1.28. The van der Waals surface area contributed by atoms with Gasteiger partial charge in [0.1, 0.15) is 19.3 Å². The van der Waals surface area contributed by atoms with E-state index in [9.17, 15) is 14.3 Å². The molecule has 0 aliphatic heterocycles. The predicted octanol–water partition coefficient (Wildman–Crippen LogP) is 7.92. The zero-order chi connectivity index (χ0) is 30.7. The molecule has 0 saturated heterocycles. The maximum Gasteiger partial charge on any atom is 0.472 e. The van der Waals surface area contributed by atoms with Crippen molar-refractivity contribution in [2.75, 3.05) is 54.1 Å². The molecule has 0 fully saturated rings. The third kappa shape index (κ3) is 30.0. The first-order valence-corrected chi connectivity index (χ1v) is 17.2. The summed E-state index contributed by atoms with van der Waals surface area (Å²) in [5, 5.41) is 0. The van der Waals surface area contributed by atoms with Crippen LogP contribution in [-0.4, -0.2) is 75.6 Å². The van der Waals surface area contributed by atoms with Crippen molar-refractivity contribution in [2.45, 2.75) is 110 Å². The molecule has 0 heterocycles. The van der Waals surface area contributed by atoms with Crippen LogP contribution < -0.4 is 0 Å². The van der Waals surface area contributed by atoms with E-state index in [1.54, 1.807) is 0 Å². The molecule has 0 aromatic heterocycles. The Kier molecular flexibility index (Phi) is 25.5. The number of unbranched alkanes of at least 4 members (excludes halogenated alkanes) is 8. The van der Waals surface area contributed by atoms with Gasteiger partial charge in [-0.1, -0.05) is 88.8 Å². The van der Waals surface area contributed by atoms with Gasteiger partial charge in [0, 0.05) is 13.0 Å². The number of rotatable bonds is 28. The fourth-order valence-electron chi connectivity index (χ4n) is 3.78. The van der Waals surface area contributed by atoms with Crippen LogP contribution in [-0.2, 0) is 27.9 Å². The topological polar surface area (TPSA) is 91.3 Å². The van der Waals surface area contributed by atoms with Gasteiger partial charge in [-0.3, -0.25) is 13.8 Å². The van der Waals surface area contributed by atoms with Gasteiger partial charge in [-0.2, -0.15) is 0 Å². The minimum absolute atomic E-state index is 0.0845. The number of hydrogen-bond acceptors (Lipinski definition) is 6. The van der Waals surface area contributed by atoms with Gasteiger partial charge in [0.25, 0.3) is 0 Å². The Morgan fingerprint density at radius 3 is 1.98 bits per heavy atom. The number of quaternary nitrogens is 1. The standard InChI is InChI=1S/C32H60NO7P/c1-6-8-9-10-11-12-13-14-15-16-17-18-19-20-21-22-23-24-27-37-29-31(40-32(34)25-7-2)30-39-41(35,36)38-28-26-33(3,4)5/h8-9,11-12,14-15,31H,6-7,10,13,16-30H2,1-5H3/p+1/b9-8-,12-11-,15-14-. The van der Waals surface area contributed by atoms with Crippen molar-refractivity contribution >= 4 is 13.8 Å². The highest BCUT2D eigenvalue weighted by Crippen LogP contribution is 2.43. The lowest BCUT2D eigenvalue weighted by molar-refractivity contribution is -0.870. The summed E-state index contributed by atoms with van der Waals surface area (Å²) in [6, 6.07) is 0. The molecule has 0 aliphatic carbocycles. The lowest BCUT2D eigenvalue weighted by Gasteiger charge is -2.24. The summed E-state index contributed by atoms with van der Waals surface area (Å²) in [7, 11) is 1.65. The van der Waals surface area contributed by atoms with Crippen LogP contribution in [0.1, 0.15) is 104 Å². The first-order chi connectivity index (χ1) is 19.6. The highest BCUT2D eigenvalue weighted by Gasteiger charge is 2.26. The Morgan fingerprint density at radius 1 is 0.780 bits per heavy atom. The summed E-state index contributed by atoms with van der Waals surface area (Å²) in [6.07, 6.45) is 27.5. The van der Waals surface area contributed by atoms with Crippen LogP contribution in [0.4, 0.5) is 0 Å². The van der Waals surface area contributed by atoms with Crippen LogP contribution in [0, 0.1) is 0 Å². The fraction of sp³-hybridized carbons (Fsp3) is 0.781. The summed E-state index contributed by atoms with van der Waals surface area (Å²) >= 11 is 0. The number of allylic oxidation sites excluding steroid dienone is 6. The summed E-state index contributed by atoms with van der Waals surface area (Å²) in [6.45, 7) is 5.10. The zero-order valence-corrected chi connectivity index (χ0v) is 27.7. The van der Waals surface area contributed by atoms with E-state index in [0.717, 1.165) is 32.1 Å². The van der Waals surface area contributed by atoms with Crippen LogP contribution in [0.15, 0.2) is 36.5 Å². The molecule has 1 N–H and O–H groups in total. The van der Waals surface area contributed by atoms with Crippen molar-refractivity contribution < 1.29 is 37.3 Å². The first-order valence-electron chi connectivity index (χ1n) is 15.7. The second kappa shape index (κ2) is 26.4. The van der Waals surface area contributed by atoms with Crippen LogP contribution in [0.25, 0.3) is 0 Å². The average Bonchev–Trinajstić information content (AvgIpc) is 2.89. The van der Waals surface area contributed by atoms with Crippen LogP contribution in [0.5, 0.6) is 0 Å². The van der Waals surface area contributed by atoms with Gasteiger partial charge in [-0.25, -0.2) is 4.57 Å². The molecule has 0 aromatic carbocycles. The van der Waals surface area contributed by atoms with Gasteiger partial charge in [0.05, 0.1) is 34.4 Å². The molecule has 41 heavy (non-hydrogen) atoms. The van der Waals surface area contributed by atoms with Crippen molar-refractivity contribution in [3.05, 3.63) is 36.5 Å².